The van der Waals surface area contributed by atoms with E-state index in [1.54, 1.807) is 0 Å². The molecule has 2 aliphatic carbocycles. The van der Waals surface area contributed by atoms with Crippen molar-refractivity contribution >= 4 is 0 Å². The number of aliphatic hydroxyl groups is 1. The molecule has 2 saturated carbocycles. The molecule has 0 aliphatic heterocycles. The van der Waals surface area contributed by atoms with Crippen molar-refractivity contribution in [3.63, 3.8) is 0 Å². The fraction of sp³-hybridized carbons (Fsp3) is 0.667. The van der Waals surface area contributed by atoms with Crippen LogP contribution in [0.2, 0.25) is 0 Å². The molecule has 0 heterocycles. The standard InChI is InChI=1S/C18H24F2O/c19-16-6-3-7-17(20)15(16)11-18(21)14-9-8-12-4-1-2-5-13(12)10-14/h3,6-7,12-14,18,21H,1-2,4-5,8-11H2. The van der Waals surface area contributed by atoms with Crippen LogP contribution in [0.5, 0.6) is 0 Å². The van der Waals surface area contributed by atoms with Gasteiger partial charge in [-0.3, -0.25) is 0 Å². The molecule has 0 spiro atoms. The molecule has 0 amide bonds. The average Bonchev–Trinajstić information content (AvgIpc) is 2.50. The lowest BCUT2D eigenvalue weighted by molar-refractivity contribution is 0.0352. The summed E-state index contributed by atoms with van der Waals surface area (Å²) >= 11 is 0. The fourth-order valence-corrected chi connectivity index (χ4v) is 4.36. The Balaban J connectivity index is 1.64. The summed E-state index contributed by atoms with van der Waals surface area (Å²) in [5.74, 6) is 0.661. The summed E-state index contributed by atoms with van der Waals surface area (Å²) in [7, 11) is 0. The van der Waals surface area contributed by atoms with Gasteiger partial charge in [0, 0.05) is 12.0 Å². The second-order valence-electron chi connectivity index (χ2n) is 6.85. The summed E-state index contributed by atoms with van der Waals surface area (Å²) in [6.07, 6.45) is 7.91. The number of hydrogen-bond donors (Lipinski definition) is 1. The average molecular weight is 294 g/mol. The molecule has 0 bridgehead atoms. The van der Waals surface area contributed by atoms with Crippen LogP contribution in [0.1, 0.15) is 50.5 Å². The molecule has 0 radical (unpaired) electrons. The van der Waals surface area contributed by atoms with Gasteiger partial charge in [0.05, 0.1) is 6.10 Å². The molecule has 2 fully saturated rings. The van der Waals surface area contributed by atoms with E-state index in [1.165, 1.54) is 50.3 Å². The molecule has 116 valence electrons. The Bertz CT molecular complexity index is 468. The molecule has 0 saturated heterocycles. The Morgan fingerprint density at radius 3 is 2.38 bits per heavy atom. The van der Waals surface area contributed by atoms with Crippen LogP contribution in [-0.2, 0) is 6.42 Å². The number of aliphatic hydroxyl groups excluding tert-OH is 1. The van der Waals surface area contributed by atoms with E-state index in [-0.39, 0.29) is 17.9 Å². The molecule has 4 unspecified atom stereocenters. The van der Waals surface area contributed by atoms with E-state index in [1.807, 2.05) is 0 Å². The predicted octanol–water partition coefficient (Wildman–Crippen LogP) is 4.47. The van der Waals surface area contributed by atoms with Gasteiger partial charge >= 0.3 is 0 Å². The van der Waals surface area contributed by atoms with Crippen molar-refractivity contribution in [2.24, 2.45) is 17.8 Å². The third-order valence-corrected chi connectivity index (χ3v) is 5.60. The van der Waals surface area contributed by atoms with Crippen LogP contribution in [0.3, 0.4) is 0 Å². The SMILES string of the molecule is OC(Cc1c(F)cccc1F)C1CCC2CCCCC2C1. The Labute approximate surface area is 125 Å². The first-order valence-corrected chi connectivity index (χ1v) is 8.26. The first-order valence-electron chi connectivity index (χ1n) is 8.26. The van der Waals surface area contributed by atoms with E-state index < -0.39 is 17.7 Å². The maximum atomic E-state index is 13.7. The number of rotatable bonds is 3. The predicted molar refractivity (Wildman–Crippen MR) is 78.9 cm³/mol. The lowest BCUT2D eigenvalue weighted by atomic mass is 9.66. The smallest absolute Gasteiger partial charge is 0.129 e. The highest BCUT2D eigenvalue weighted by atomic mass is 19.1. The van der Waals surface area contributed by atoms with Crippen LogP contribution in [0, 0.1) is 29.4 Å². The molecule has 21 heavy (non-hydrogen) atoms. The van der Waals surface area contributed by atoms with Crippen LogP contribution in [-0.4, -0.2) is 11.2 Å². The highest BCUT2D eigenvalue weighted by Crippen LogP contribution is 2.43. The van der Waals surface area contributed by atoms with Crippen molar-refractivity contribution < 1.29 is 13.9 Å². The van der Waals surface area contributed by atoms with Crippen LogP contribution in [0.4, 0.5) is 8.78 Å². The van der Waals surface area contributed by atoms with Crippen molar-refractivity contribution in [3.05, 3.63) is 35.4 Å². The van der Waals surface area contributed by atoms with Crippen LogP contribution >= 0.6 is 0 Å². The van der Waals surface area contributed by atoms with Crippen molar-refractivity contribution in [3.8, 4) is 0 Å². The Hall–Kier alpha value is -0.960. The van der Waals surface area contributed by atoms with Crippen molar-refractivity contribution in [1.29, 1.82) is 0 Å². The molecule has 4 atom stereocenters. The van der Waals surface area contributed by atoms with Gasteiger partial charge in [0.15, 0.2) is 0 Å². The monoisotopic (exact) mass is 294 g/mol. The minimum absolute atomic E-state index is 0.0377. The molecule has 1 nitrogen and oxygen atoms in total. The fourth-order valence-electron chi connectivity index (χ4n) is 4.36. The van der Waals surface area contributed by atoms with Gasteiger partial charge in [0.2, 0.25) is 0 Å². The van der Waals surface area contributed by atoms with Crippen molar-refractivity contribution in [1.82, 2.24) is 0 Å². The van der Waals surface area contributed by atoms with Gasteiger partial charge < -0.3 is 5.11 Å². The Morgan fingerprint density at radius 2 is 1.67 bits per heavy atom. The third kappa shape index (κ3) is 3.28. The Kier molecular flexibility index (Phi) is 4.58. The van der Waals surface area contributed by atoms with Gasteiger partial charge in [0.25, 0.3) is 0 Å². The van der Waals surface area contributed by atoms with Crippen LogP contribution in [0.25, 0.3) is 0 Å². The van der Waals surface area contributed by atoms with Gasteiger partial charge in [-0.05, 0) is 49.1 Å². The van der Waals surface area contributed by atoms with Gasteiger partial charge in [-0.1, -0.05) is 31.7 Å². The minimum Gasteiger partial charge on any atom is -0.392 e. The zero-order chi connectivity index (χ0) is 14.8. The molecule has 3 heteroatoms. The van der Waals surface area contributed by atoms with E-state index >= 15 is 0 Å². The lowest BCUT2D eigenvalue weighted by Crippen LogP contribution is -2.34. The second kappa shape index (κ2) is 6.43. The van der Waals surface area contributed by atoms with Gasteiger partial charge in [-0.2, -0.15) is 0 Å². The van der Waals surface area contributed by atoms with Gasteiger partial charge in [0.1, 0.15) is 11.6 Å². The topological polar surface area (TPSA) is 20.2 Å². The summed E-state index contributed by atoms with van der Waals surface area (Å²) in [4.78, 5) is 0. The summed E-state index contributed by atoms with van der Waals surface area (Å²) in [5, 5.41) is 10.4. The van der Waals surface area contributed by atoms with E-state index in [9.17, 15) is 13.9 Å². The van der Waals surface area contributed by atoms with E-state index in [0.29, 0.717) is 0 Å². The molecule has 1 aromatic carbocycles. The number of hydrogen-bond acceptors (Lipinski definition) is 1. The molecule has 1 aromatic rings. The normalized spacial score (nSPS) is 30.7. The number of halogens is 2. The summed E-state index contributed by atoms with van der Waals surface area (Å²) in [6.45, 7) is 0. The zero-order valence-corrected chi connectivity index (χ0v) is 12.4. The molecule has 1 N–H and O–H groups in total. The summed E-state index contributed by atoms with van der Waals surface area (Å²) in [5.41, 5.74) is 0.0377. The van der Waals surface area contributed by atoms with Crippen LogP contribution in [0.15, 0.2) is 18.2 Å². The molecule has 0 aromatic heterocycles. The summed E-state index contributed by atoms with van der Waals surface area (Å²) < 4.78 is 27.4. The van der Waals surface area contributed by atoms with E-state index in [0.717, 1.165) is 24.7 Å². The van der Waals surface area contributed by atoms with E-state index in [2.05, 4.69) is 0 Å². The first-order chi connectivity index (χ1) is 10.1. The maximum absolute atomic E-state index is 13.7. The van der Waals surface area contributed by atoms with Crippen molar-refractivity contribution in [2.75, 3.05) is 0 Å². The van der Waals surface area contributed by atoms with Gasteiger partial charge in [-0.25, -0.2) is 8.78 Å². The van der Waals surface area contributed by atoms with Gasteiger partial charge in [-0.15, -0.1) is 0 Å². The number of benzene rings is 1. The van der Waals surface area contributed by atoms with Crippen molar-refractivity contribution in [2.45, 2.75) is 57.5 Å². The maximum Gasteiger partial charge on any atom is 0.129 e. The quantitative estimate of drug-likeness (QED) is 0.871. The highest BCUT2D eigenvalue weighted by molar-refractivity contribution is 5.20. The van der Waals surface area contributed by atoms with E-state index in [4.69, 9.17) is 0 Å². The molecule has 2 aliphatic rings. The minimum atomic E-state index is -0.626. The third-order valence-electron chi connectivity index (χ3n) is 5.60. The summed E-state index contributed by atoms with van der Waals surface area (Å²) in [6, 6.07) is 3.90. The molecular weight excluding hydrogens is 270 g/mol. The largest absolute Gasteiger partial charge is 0.392 e. The molecular formula is C18H24F2O. The number of fused-ring (bicyclic) bond motifs is 1. The zero-order valence-electron chi connectivity index (χ0n) is 12.4. The Morgan fingerprint density at radius 1 is 1.00 bits per heavy atom. The first kappa shape index (κ1) is 15.0. The highest BCUT2D eigenvalue weighted by Gasteiger charge is 2.35. The van der Waals surface area contributed by atoms with Crippen LogP contribution < -0.4 is 0 Å². The second-order valence-corrected chi connectivity index (χ2v) is 6.85. The lowest BCUT2D eigenvalue weighted by Gasteiger charge is -2.40. The molecule has 3 rings (SSSR count).